The molecule has 0 spiro atoms. The average molecular weight is 562 g/mol. The van der Waals surface area contributed by atoms with E-state index >= 15 is 0 Å². The molecule has 5 nitrogen and oxygen atoms in total. The zero-order chi connectivity index (χ0) is 28.5. The largest absolute Gasteiger partial charge is 0.341 e. The van der Waals surface area contributed by atoms with E-state index in [0.717, 1.165) is 50.0 Å². The van der Waals surface area contributed by atoms with Crippen molar-refractivity contribution in [3.05, 3.63) is 106 Å². The van der Waals surface area contributed by atoms with E-state index in [-0.39, 0.29) is 29.1 Å². The number of amides is 2. The fourth-order valence-corrected chi connectivity index (χ4v) is 6.72. The number of piperidine rings is 1. The fraction of sp³-hybridized carbons (Fsp3) is 0.394. The molecule has 0 radical (unpaired) electrons. The van der Waals surface area contributed by atoms with E-state index in [1.807, 2.05) is 61.5 Å². The lowest BCUT2D eigenvalue weighted by atomic mass is 9.79. The summed E-state index contributed by atoms with van der Waals surface area (Å²) in [7, 11) is 3.73. The average Bonchev–Trinajstić information content (AvgIpc) is 3.69. The van der Waals surface area contributed by atoms with Crippen molar-refractivity contribution in [3.63, 3.8) is 0 Å². The Hall–Kier alpha value is -3.22. The molecule has 5 rings (SSSR count). The van der Waals surface area contributed by atoms with E-state index < -0.39 is 5.41 Å². The second-order valence-corrected chi connectivity index (χ2v) is 11.9. The van der Waals surface area contributed by atoms with Crippen molar-refractivity contribution in [1.82, 2.24) is 14.7 Å². The molecule has 0 N–H and O–H groups in total. The van der Waals surface area contributed by atoms with E-state index in [2.05, 4.69) is 17.0 Å². The van der Waals surface area contributed by atoms with E-state index in [1.165, 1.54) is 17.7 Å². The van der Waals surface area contributed by atoms with Crippen LogP contribution in [0.2, 0.25) is 5.02 Å². The number of carbonyl (C=O) groups is 2. The Morgan fingerprint density at radius 3 is 2.15 bits per heavy atom. The Morgan fingerprint density at radius 1 is 0.925 bits per heavy atom. The summed E-state index contributed by atoms with van der Waals surface area (Å²) in [6.07, 6.45) is 2.45. The van der Waals surface area contributed by atoms with Crippen molar-refractivity contribution < 1.29 is 14.0 Å². The van der Waals surface area contributed by atoms with Gasteiger partial charge in [0.25, 0.3) is 0 Å². The van der Waals surface area contributed by atoms with Gasteiger partial charge in [0.2, 0.25) is 11.8 Å². The summed E-state index contributed by atoms with van der Waals surface area (Å²) in [5, 5.41) is 0.645. The van der Waals surface area contributed by atoms with Crippen LogP contribution in [0.5, 0.6) is 0 Å². The van der Waals surface area contributed by atoms with Gasteiger partial charge < -0.3 is 14.7 Å². The lowest BCUT2D eigenvalue weighted by Crippen LogP contribution is -2.53. The molecule has 3 aromatic carbocycles. The van der Waals surface area contributed by atoms with Crippen molar-refractivity contribution in [2.45, 2.75) is 43.7 Å². The zero-order valence-electron chi connectivity index (χ0n) is 23.4. The van der Waals surface area contributed by atoms with Gasteiger partial charge in [-0.3, -0.25) is 9.59 Å². The Bertz CT molecular complexity index is 1340. The molecule has 2 atom stereocenters. The summed E-state index contributed by atoms with van der Waals surface area (Å²) in [4.78, 5) is 32.6. The molecule has 0 unspecified atom stereocenters. The number of hydrogen-bond acceptors (Lipinski definition) is 3. The maximum Gasteiger partial charge on any atom is 0.233 e. The van der Waals surface area contributed by atoms with Crippen molar-refractivity contribution in [2.24, 2.45) is 5.92 Å². The van der Waals surface area contributed by atoms with Gasteiger partial charge in [0.05, 0.1) is 11.0 Å². The van der Waals surface area contributed by atoms with Crippen LogP contribution >= 0.6 is 11.6 Å². The second kappa shape index (κ2) is 11.3. The van der Waals surface area contributed by atoms with E-state index in [1.54, 1.807) is 24.0 Å². The van der Waals surface area contributed by atoms with Crippen LogP contribution in [0.25, 0.3) is 0 Å². The van der Waals surface area contributed by atoms with Crippen molar-refractivity contribution in [1.29, 1.82) is 0 Å². The first-order chi connectivity index (χ1) is 19.2. The van der Waals surface area contributed by atoms with Gasteiger partial charge in [0.1, 0.15) is 5.82 Å². The summed E-state index contributed by atoms with van der Waals surface area (Å²) in [6, 6.07) is 24.3. The second-order valence-electron chi connectivity index (χ2n) is 11.4. The summed E-state index contributed by atoms with van der Waals surface area (Å²) in [6.45, 7) is 4.56. The monoisotopic (exact) mass is 561 g/mol. The minimum atomic E-state index is -0.608. The number of rotatable bonds is 8. The third-order valence-electron chi connectivity index (χ3n) is 9.11. The number of likely N-dealkylation sites (N-methyl/N-ethyl adjacent to an activating group) is 1. The van der Waals surface area contributed by atoms with Crippen molar-refractivity contribution in [2.75, 3.05) is 33.7 Å². The number of hydrogen-bond donors (Lipinski definition) is 0. The highest BCUT2D eigenvalue weighted by Crippen LogP contribution is 2.56. The van der Waals surface area contributed by atoms with Crippen LogP contribution in [-0.4, -0.2) is 60.2 Å². The maximum absolute atomic E-state index is 14.0. The molecule has 1 aliphatic carbocycles. The van der Waals surface area contributed by atoms with Crippen LogP contribution in [0.3, 0.4) is 0 Å². The third kappa shape index (κ3) is 5.39. The zero-order valence-corrected chi connectivity index (χ0v) is 24.2. The maximum atomic E-state index is 14.0. The smallest absolute Gasteiger partial charge is 0.233 e. The molecular weight excluding hydrogens is 525 g/mol. The Labute approximate surface area is 241 Å². The molecule has 0 bridgehead atoms. The van der Waals surface area contributed by atoms with Crippen LogP contribution in [0.1, 0.15) is 42.9 Å². The molecule has 2 amide bonds. The molecule has 7 heteroatoms. The summed E-state index contributed by atoms with van der Waals surface area (Å²) in [5.41, 5.74) is 2.12. The molecule has 2 fully saturated rings. The predicted octanol–water partition coefficient (Wildman–Crippen LogP) is 5.87. The van der Waals surface area contributed by atoms with Gasteiger partial charge in [0, 0.05) is 52.2 Å². The van der Waals surface area contributed by atoms with Gasteiger partial charge in [0.15, 0.2) is 0 Å². The van der Waals surface area contributed by atoms with Crippen LogP contribution in [0.4, 0.5) is 4.39 Å². The number of likely N-dealkylation sites (tertiary alicyclic amines) is 1. The number of benzene rings is 3. The highest BCUT2D eigenvalue weighted by molar-refractivity contribution is 6.30. The minimum absolute atomic E-state index is 0.0658. The normalized spacial score (nSPS) is 22.0. The lowest BCUT2D eigenvalue weighted by molar-refractivity contribution is -0.136. The highest BCUT2D eigenvalue weighted by atomic mass is 35.5. The molecule has 2 aliphatic rings. The summed E-state index contributed by atoms with van der Waals surface area (Å²) < 4.78 is 13.4. The topological polar surface area (TPSA) is 43.9 Å². The first-order valence-electron chi connectivity index (χ1n) is 13.9. The first kappa shape index (κ1) is 28.3. The SMILES string of the molecule is CC(=O)N(C)C1(c2ccccc2)CCN(C[C@@H]2C[C@@]2(C(=O)N(C)Cc2ccc(F)cc2)c2ccc(Cl)cc2)CC1. The predicted molar refractivity (Wildman–Crippen MR) is 156 cm³/mol. The molecule has 1 saturated carbocycles. The Balaban J connectivity index is 1.33. The number of carbonyl (C=O) groups excluding carboxylic acids is 2. The van der Waals surface area contributed by atoms with Gasteiger partial charge in [-0.15, -0.1) is 0 Å². The molecule has 3 aromatic rings. The Morgan fingerprint density at radius 2 is 1.55 bits per heavy atom. The van der Waals surface area contributed by atoms with Gasteiger partial charge in [-0.1, -0.05) is 66.2 Å². The molecule has 40 heavy (non-hydrogen) atoms. The molecule has 1 aliphatic heterocycles. The van der Waals surface area contributed by atoms with Crippen molar-refractivity contribution in [3.8, 4) is 0 Å². The van der Waals surface area contributed by atoms with E-state index in [4.69, 9.17) is 11.6 Å². The van der Waals surface area contributed by atoms with Gasteiger partial charge in [-0.05, 0) is 66.1 Å². The van der Waals surface area contributed by atoms with Crippen molar-refractivity contribution >= 4 is 23.4 Å². The molecule has 1 saturated heterocycles. The van der Waals surface area contributed by atoms with Crippen LogP contribution < -0.4 is 0 Å². The standard InChI is InChI=1S/C33H37ClFN3O2/c1-24(39)37(3)32(26-7-5-4-6-8-26)17-19-38(20-18-32)23-28-21-33(28,27-11-13-29(34)14-12-27)31(40)36(2)22-25-9-15-30(35)16-10-25/h4-16,28H,17-23H2,1-3H3/t28-,33+/m0/s1. The fourth-order valence-electron chi connectivity index (χ4n) is 6.60. The lowest BCUT2D eigenvalue weighted by Gasteiger charge is -2.48. The summed E-state index contributed by atoms with van der Waals surface area (Å²) >= 11 is 6.20. The van der Waals surface area contributed by atoms with Gasteiger partial charge >= 0.3 is 0 Å². The van der Waals surface area contributed by atoms with Gasteiger partial charge in [-0.2, -0.15) is 0 Å². The Kier molecular flexibility index (Phi) is 8.03. The van der Waals surface area contributed by atoms with Crippen LogP contribution in [-0.2, 0) is 27.1 Å². The first-order valence-corrected chi connectivity index (χ1v) is 14.3. The molecule has 0 aromatic heterocycles. The van der Waals surface area contributed by atoms with Crippen LogP contribution in [0, 0.1) is 11.7 Å². The third-order valence-corrected chi connectivity index (χ3v) is 9.37. The molecular formula is C33H37ClFN3O2. The summed E-state index contributed by atoms with van der Waals surface area (Å²) in [5.74, 6) is 0.0312. The number of halogens is 2. The molecule has 210 valence electrons. The minimum Gasteiger partial charge on any atom is -0.341 e. The van der Waals surface area contributed by atoms with Crippen LogP contribution in [0.15, 0.2) is 78.9 Å². The van der Waals surface area contributed by atoms with E-state index in [9.17, 15) is 14.0 Å². The van der Waals surface area contributed by atoms with Gasteiger partial charge in [-0.25, -0.2) is 4.39 Å². The molecule has 1 heterocycles. The quantitative estimate of drug-likeness (QED) is 0.346. The number of nitrogens with zero attached hydrogens (tertiary/aromatic N) is 3. The highest BCUT2D eigenvalue weighted by Gasteiger charge is 2.62. The van der Waals surface area contributed by atoms with E-state index in [0.29, 0.717) is 11.6 Å².